The van der Waals surface area contributed by atoms with E-state index < -0.39 is 5.97 Å². The number of H-pyrrole nitrogens is 1. The Morgan fingerprint density at radius 2 is 2.11 bits per heavy atom. The number of hydrogen-bond donors (Lipinski definition) is 2. The molecule has 0 radical (unpaired) electrons. The number of ether oxygens (including phenoxy) is 1. The number of nitrogens with zero attached hydrogens (tertiary/aromatic N) is 1. The first kappa shape index (κ1) is 12.2. The van der Waals surface area contributed by atoms with Crippen LogP contribution in [0.3, 0.4) is 0 Å². The topological polar surface area (TPSA) is 75.2 Å². The Morgan fingerprint density at radius 3 is 2.72 bits per heavy atom. The second-order valence-corrected chi connectivity index (χ2v) is 3.85. The van der Waals surface area contributed by atoms with Gasteiger partial charge in [0.1, 0.15) is 5.75 Å². The fourth-order valence-corrected chi connectivity index (χ4v) is 1.74. The van der Waals surface area contributed by atoms with Gasteiger partial charge in [-0.2, -0.15) is 0 Å². The largest absolute Gasteiger partial charge is 0.497 e. The highest BCUT2D eigenvalue weighted by Crippen LogP contribution is 2.23. The van der Waals surface area contributed by atoms with E-state index in [1.165, 1.54) is 0 Å². The predicted octanol–water partition coefficient (Wildman–Crippen LogP) is 2.10. The lowest BCUT2D eigenvalue weighted by Crippen LogP contribution is -1.99. The molecule has 0 saturated heterocycles. The van der Waals surface area contributed by atoms with Gasteiger partial charge < -0.3 is 14.8 Å². The third kappa shape index (κ3) is 2.68. The highest BCUT2D eigenvalue weighted by atomic mass is 16.5. The maximum Gasteiger partial charge on any atom is 0.303 e. The molecular weight excluding hydrogens is 232 g/mol. The van der Waals surface area contributed by atoms with Gasteiger partial charge in [0.15, 0.2) is 0 Å². The molecule has 5 heteroatoms. The summed E-state index contributed by atoms with van der Waals surface area (Å²) in [6, 6.07) is 7.51. The minimum absolute atomic E-state index is 0.0886. The minimum atomic E-state index is -0.815. The molecule has 0 atom stereocenters. The van der Waals surface area contributed by atoms with Gasteiger partial charge in [-0.1, -0.05) is 0 Å². The number of carboxylic acids is 1. The summed E-state index contributed by atoms with van der Waals surface area (Å²) < 4.78 is 5.09. The third-order valence-electron chi connectivity index (χ3n) is 2.67. The standard InChI is InChI=1S/C13H14N2O3/c1-18-10-4-2-9(3-5-10)13-11(14-8-15-13)6-7-12(16)17/h2-5,8H,6-7H2,1H3,(H,14,15)(H,16,17). The molecule has 18 heavy (non-hydrogen) atoms. The van der Waals surface area contributed by atoms with Crippen molar-refractivity contribution in [2.24, 2.45) is 0 Å². The number of aryl methyl sites for hydroxylation is 1. The Kier molecular flexibility index (Phi) is 3.62. The zero-order chi connectivity index (χ0) is 13.0. The first-order valence-electron chi connectivity index (χ1n) is 5.59. The lowest BCUT2D eigenvalue weighted by Gasteiger charge is -2.03. The van der Waals surface area contributed by atoms with Crippen LogP contribution in [-0.4, -0.2) is 28.2 Å². The summed E-state index contributed by atoms with van der Waals surface area (Å²) in [6.07, 6.45) is 2.11. The van der Waals surface area contributed by atoms with E-state index in [1.807, 2.05) is 24.3 Å². The Morgan fingerprint density at radius 1 is 1.39 bits per heavy atom. The van der Waals surface area contributed by atoms with E-state index in [4.69, 9.17) is 9.84 Å². The summed E-state index contributed by atoms with van der Waals surface area (Å²) in [5, 5.41) is 8.69. The number of methoxy groups -OCH3 is 1. The highest BCUT2D eigenvalue weighted by molar-refractivity contribution is 5.68. The molecule has 0 aliphatic heterocycles. The molecule has 0 spiro atoms. The van der Waals surface area contributed by atoms with Crippen LogP contribution in [0.4, 0.5) is 0 Å². The van der Waals surface area contributed by atoms with E-state index >= 15 is 0 Å². The highest BCUT2D eigenvalue weighted by Gasteiger charge is 2.09. The Bertz CT molecular complexity index is 531. The third-order valence-corrected chi connectivity index (χ3v) is 2.67. The normalized spacial score (nSPS) is 10.3. The first-order valence-corrected chi connectivity index (χ1v) is 5.59. The van der Waals surface area contributed by atoms with Gasteiger partial charge in [-0.25, -0.2) is 4.98 Å². The van der Waals surface area contributed by atoms with E-state index in [0.29, 0.717) is 6.42 Å². The molecule has 1 aromatic heterocycles. The first-order chi connectivity index (χ1) is 8.70. The van der Waals surface area contributed by atoms with Crippen LogP contribution in [-0.2, 0) is 11.2 Å². The second kappa shape index (κ2) is 5.35. The molecule has 0 fully saturated rings. The number of aliphatic carboxylic acids is 1. The molecule has 1 heterocycles. The maximum atomic E-state index is 10.6. The summed E-state index contributed by atoms with van der Waals surface area (Å²) >= 11 is 0. The van der Waals surface area contributed by atoms with Crippen molar-refractivity contribution in [2.45, 2.75) is 12.8 Å². The number of nitrogens with one attached hydrogen (secondary N) is 1. The van der Waals surface area contributed by atoms with E-state index in [9.17, 15) is 4.79 Å². The number of aromatic amines is 1. The number of rotatable bonds is 5. The van der Waals surface area contributed by atoms with Gasteiger partial charge in [0.25, 0.3) is 0 Å². The zero-order valence-corrected chi connectivity index (χ0v) is 10.0. The molecule has 0 saturated carbocycles. The molecule has 0 aliphatic carbocycles. The van der Waals surface area contributed by atoms with Crippen molar-refractivity contribution in [1.82, 2.24) is 9.97 Å². The average Bonchev–Trinajstić information content (AvgIpc) is 2.85. The zero-order valence-electron chi connectivity index (χ0n) is 10.0. The Balaban J connectivity index is 2.21. The molecule has 0 amide bonds. The van der Waals surface area contributed by atoms with Crippen LogP contribution in [0.1, 0.15) is 12.1 Å². The molecule has 1 aromatic carbocycles. The van der Waals surface area contributed by atoms with Crippen LogP contribution in [0.5, 0.6) is 5.75 Å². The van der Waals surface area contributed by atoms with Gasteiger partial charge >= 0.3 is 5.97 Å². The van der Waals surface area contributed by atoms with Crippen LogP contribution in [0, 0.1) is 0 Å². The molecule has 2 rings (SSSR count). The maximum absolute atomic E-state index is 10.6. The summed E-state index contributed by atoms with van der Waals surface area (Å²) in [6.45, 7) is 0. The molecular formula is C13H14N2O3. The van der Waals surface area contributed by atoms with Crippen LogP contribution < -0.4 is 4.74 Å². The molecule has 0 bridgehead atoms. The minimum Gasteiger partial charge on any atom is -0.497 e. The van der Waals surface area contributed by atoms with Crippen molar-refractivity contribution >= 4 is 5.97 Å². The fraction of sp³-hybridized carbons (Fsp3) is 0.231. The monoisotopic (exact) mass is 246 g/mol. The number of hydrogen-bond acceptors (Lipinski definition) is 3. The lowest BCUT2D eigenvalue weighted by molar-refractivity contribution is -0.136. The second-order valence-electron chi connectivity index (χ2n) is 3.85. The quantitative estimate of drug-likeness (QED) is 0.847. The van der Waals surface area contributed by atoms with E-state index in [0.717, 1.165) is 22.7 Å². The molecule has 0 unspecified atom stereocenters. The fourth-order valence-electron chi connectivity index (χ4n) is 1.74. The van der Waals surface area contributed by atoms with E-state index in [-0.39, 0.29) is 6.42 Å². The van der Waals surface area contributed by atoms with Crippen molar-refractivity contribution in [3.63, 3.8) is 0 Å². The van der Waals surface area contributed by atoms with E-state index in [1.54, 1.807) is 13.4 Å². The van der Waals surface area contributed by atoms with Gasteiger partial charge in [0, 0.05) is 17.7 Å². The SMILES string of the molecule is COc1ccc(-c2nc[nH]c2CCC(=O)O)cc1. The number of carbonyl (C=O) groups is 1. The van der Waals surface area contributed by atoms with Gasteiger partial charge in [-0.15, -0.1) is 0 Å². The van der Waals surface area contributed by atoms with Crippen molar-refractivity contribution < 1.29 is 14.6 Å². The van der Waals surface area contributed by atoms with Gasteiger partial charge in [0.05, 0.1) is 25.6 Å². The number of carboxylic acid groups (broad SMARTS) is 1. The summed E-state index contributed by atoms with van der Waals surface area (Å²) in [5.74, 6) is -0.0355. The molecule has 94 valence electrons. The number of aromatic nitrogens is 2. The van der Waals surface area contributed by atoms with Crippen LogP contribution in [0.2, 0.25) is 0 Å². The average molecular weight is 246 g/mol. The molecule has 2 aromatic rings. The molecule has 5 nitrogen and oxygen atoms in total. The Hall–Kier alpha value is -2.30. The van der Waals surface area contributed by atoms with Crippen molar-refractivity contribution in [3.05, 3.63) is 36.3 Å². The van der Waals surface area contributed by atoms with Crippen LogP contribution >= 0.6 is 0 Å². The molecule has 2 N–H and O–H groups in total. The number of benzene rings is 1. The smallest absolute Gasteiger partial charge is 0.303 e. The summed E-state index contributed by atoms with van der Waals surface area (Å²) in [4.78, 5) is 17.8. The van der Waals surface area contributed by atoms with Crippen LogP contribution in [0.15, 0.2) is 30.6 Å². The molecule has 0 aliphatic rings. The summed E-state index contributed by atoms with van der Waals surface area (Å²) in [5.41, 5.74) is 2.57. The predicted molar refractivity (Wildman–Crippen MR) is 66.5 cm³/mol. The van der Waals surface area contributed by atoms with Crippen molar-refractivity contribution in [2.75, 3.05) is 7.11 Å². The van der Waals surface area contributed by atoms with Gasteiger partial charge in [0.2, 0.25) is 0 Å². The van der Waals surface area contributed by atoms with Crippen LogP contribution in [0.25, 0.3) is 11.3 Å². The Labute approximate surface area is 104 Å². The lowest BCUT2D eigenvalue weighted by atomic mass is 10.1. The van der Waals surface area contributed by atoms with Gasteiger partial charge in [-0.05, 0) is 24.3 Å². The van der Waals surface area contributed by atoms with Crippen molar-refractivity contribution in [3.8, 4) is 17.0 Å². The van der Waals surface area contributed by atoms with E-state index in [2.05, 4.69) is 9.97 Å². The van der Waals surface area contributed by atoms with Gasteiger partial charge in [-0.3, -0.25) is 4.79 Å². The van der Waals surface area contributed by atoms with Crippen molar-refractivity contribution in [1.29, 1.82) is 0 Å². The number of imidazole rings is 1. The summed E-state index contributed by atoms with van der Waals surface area (Å²) in [7, 11) is 1.61.